The van der Waals surface area contributed by atoms with E-state index in [0.29, 0.717) is 16.9 Å². The molecule has 1 aromatic heterocycles. The molecule has 0 spiro atoms. The first kappa shape index (κ1) is 9.78. The first-order valence-electron chi connectivity index (χ1n) is 5.31. The SMILES string of the molecule is Clc1ccc(N/N=C2/C[C@H]3C=CC[C@H]23)nn1. The molecule has 1 aromatic rings. The maximum atomic E-state index is 5.64. The number of hydrogen-bond acceptors (Lipinski definition) is 4. The van der Waals surface area contributed by atoms with Gasteiger partial charge in [-0.15, -0.1) is 10.2 Å². The van der Waals surface area contributed by atoms with Gasteiger partial charge in [0.1, 0.15) is 0 Å². The molecule has 0 aromatic carbocycles. The largest absolute Gasteiger partial charge is 0.260 e. The molecule has 0 unspecified atom stereocenters. The van der Waals surface area contributed by atoms with Crippen LogP contribution in [-0.2, 0) is 0 Å². The predicted octanol–water partition coefficient (Wildman–Crippen LogP) is 2.49. The van der Waals surface area contributed by atoms with E-state index in [1.165, 1.54) is 5.71 Å². The fourth-order valence-electron chi connectivity index (χ4n) is 2.17. The van der Waals surface area contributed by atoms with Crippen molar-refractivity contribution in [1.82, 2.24) is 10.2 Å². The van der Waals surface area contributed by atoms with Crippen molar-refractivity contribution < 1.29 is 0 Å². The van der Waals surface area contributed by atoms with Gasteiger partial charge in [-0.3, -0.25) is 5.43 Å². The Kier molecular flexibility index (Phi) is 2.36. The van der Waals surface area contributed by atoms with Crippen molar-refractivity contribution in [2.75, 3.05) is 5.43 Å². The van der Waals surface area contributed by atoms with Crippen LogP contribution in [0.25, 0.3) is 0 Å². The van der Waals surface area contributed by atoms with Crippen molar-refractivity contribution in [2.24, 2.45) is 16.9 Å². The first-order chi connectivity index (χ1) is 7.83. The summed E-state index contributed by atoms with van der Waals surface area (Å²) in [5.41, 5.74) is 4.14. The number of halogens is 1. The zero-order chi connectivity index (χ0) is 11.0. The molecule has 1 N–H and O–H groups in total. The van der Waals surface area contributed by atoms with Crippen LogP contribution in [0.3, 0.4) is 0 Å². The Labute approximate surface area is 98.4 Å². The minimum absolute atomic E-state index is 0.391. The average molecular weight is 235 g/mol. The number of aromatic nitrogens is 2. The van der Waals surface area contributed by atoms with Gasteiger partial charge in [-0.25, -0.2) is 0 Å². The van der Waals surface area contributed by atoms with E-state index in [9.17, 15) is 0 Å². The number of hydrogen-bond donors (Lipinski definition) is 1. The van der Waals surface area contributed by atoms with E-state index >= 15 is 0 Å². The Morgan fingerprint density at radius 1 is 1.38 bits per heavy atom. The molecule has 0 bridgehead atoms. The van der Waals surface area contributed by atoms with Crippen molar-refractivity contribution >= 4 is 23.1 Å². The highest BCUT2D eigenvalue weighted by atomic mass is 35.5. The van der Waals surface area contributed by atoms with Crippen molar-refractivity contribution in [3.63, 3.8) is 0 Å². The van der Waals surface area contributed by atoms with Crippen LogP contribution in [0.15, 0.2) is 29.4 Å². The van der Waals surface area contributed by atoms with Gasteiger partial charge in [0.05, 0.1) is 0 Å². The van der Waals surface area contributed by atoms with Crippen LogP contribution in [-0.4, -0.2) is 15.9 Å². The zero-order valence-corrected chi connectivity index (χ0v) is 9.35. The third-order valence-electron chi connectivity index (χ3n) is 3.11. The summed E-state index contributed by atoms with van der Waals surface area (Å²) < 4.78 is 0. The Morgan fingerprint density at radius 3 is 3.06 bits per heavy atom. The quantitative estimate of drug-likeness (QED) is 0.632. The van der Waals surface area contributed by atoms with Crippen molar-refractivity contribution in [3.8, 4) is 0 Å². The van der Waals surface area contributed by atoms with E-state index in [1.54, 1.807) is 12.1 Å². The Bertz CT molecular complexity index is 452. The summed E-state index contributed by atoms with van der Waals surface area (Å²) in [6.07, 6.45) is 6.71. The molecule has 82 valence electrons. The zero-order valence-electron chi connectivity index (χ0n) is 8.60. The summed E-state index contributed by atoms with van der Waals surface area (Å²) in [5, 5.41) is 12.4. The van der Waals surface area contributed by atoms with Crippen molar-refractivity contribution in [3.05, 3.63) is 29.4 Å². The van der Waals surface area contributed by atoms with Gasteiger partial charge in [0.25, 0.3) is 0 Å². The maximum Gasteiger partial charge on any atom is 0.168 e. The van der Waals surface area contributed by atoms with Gasteiger partial charge in [-0.05, 0) is 30.9 Å². The van der Waals surface area contributed by atoms with E-state index in [0.717, 1.165) is 18.8 Å². The summed E-state index contributed by atoms with van der Waals surface area (Å²) in [7, 11) is 0. The smallest absolute Gasteiger partial charge is 0.168 e. The third kappa shape index (κ3) is 1.69. The topological polar surface area (TPSA) is 50.2 Å². The highest BCUT2D eigenvalue weighted by Crippen LogP contribution is 2.40. The molecule has 0 aliphatic heterocycles. The Hall–Kier alpha value is -1.42. The third-order valence-corrected chi connectivity index (χ3v) is 3.31. The summed E-state index contributed by atoms with van der Waals surface area (Å²) in [6.45, 7) is 0. The molecule has 2 aliphatic rings. The first-order valence-corrected chi connectivity index (χ1v) is 5.69. The normalized spacial score (nSPS) is 28.9. The number of allylic oxidation sites excluding steroid dienone is 2. The van der Waals surface area contributed by atoms with Crippen LogP contribution >= 0.6 is 11.6 Å². The number of rotatable bonds is 2. The molecule has 16 heavy (non-hydrogen) atoms. The molecule has 1 saturated carbocycles. The van der Waals surface area contributed by atoms with E-state index in [2.05, 4.69) is 32.9 Å². The predicted molar refractivity (Wildman–Crippen MR) is 63.5 cm³/mol. The number of anilines is 1. The van der Waals surface area contributed by atoms with E-state index < -0.39 is 0 Å². The van der Waals surface area contributed by atoms with Gasteiger partial charge in [0.15, 0.2) is 11.0 Å². The average Bonchev–Trinajstić information content (AvgIpc) is 2.63. The minimum Gasteiger partial charge on any atom is -0.260 e. The highest BCUT2D eigenvalue weighted by Gasteiger charge is 2.37. The summed E-state index contributed by atoms with van der Waals surface area (Å²) in [6, 6.07) is 3.46. The maximum absolute atomic E-state index is 5.64. The molecule has 1 fully saturated rings. The standard InChI is InChI=1S/C11H11ClN4/c12-10-4-5-11(16-14-10)15-13-9-6-7-2-1-3-8(7)9/h1-2,4-5,7-8H,3,6H2,(H,15,16)/b13-9-/t7-,8+/m1/s1. The van der Waals surface area contributed by atoms with Gasteiger partial charge < -0.3 is 0 Å². The van der Waals surface area contributed by atoms with Crippen LogP contribution in [0.1, 0.15) is 12.8 Å². The molecular weight excluding hydrogens is 224 g/mol. The van der Waals surface area contributed by atoms with E-state index in [-0.39, 0.29) is 0 Å². The fraction of sp³-hybridized carbons (Fsp3) is 0.364. The van der Waals surface area contributed by atoms with Crippen LogP contribution in [0.5, 0.6) is 0 Å². The van der Waals surface area contributed by atoms with Gasteiger partial charge in [-0.2, -0.15) is 5.10 Å². The molecule has 0 saturated heterocycles. The molecule has 1 heterocycles. The molecule has 0 radical (unpaired) electrons. The second-order valence-electron chi connectivity index (χ2n) is 4.09. The lowest BCUT2D eigenvalue weighted by atomic mass is 9.74. The van der Waals surface area contributed by atoms with Gasteiger partial charge in [-0.1, -0.05) is 23.8 Å². The molecule has 3 rings (SSSR count). The van der Waals surface area contributed by atoms with Crippen molar-refractivity contribution in [1.29, 1.82) is 0 Å². The monoisotopic (exact) mass is 234 g/mol. The second-order valence-corrected chi connectivity index (χ2v) is 4.48. The highest BCUT2D eigenvalue weighted by molar-refractivity contribution is 6.29. The number of nitrogens with one attached hydrogen (secondary N) is 1. The molecule has 2 aliphatic carbocycles. The Balaban J connectivity index is 1.64. The summed E-state index contributed by atoms with van der Waals surface area (Å²) in [4.78, 5) is 0. The number of fused-ring (bicyclic) bond motifs is 1. The molecular formula is C11H11ClN4. The van der Waals surface area contributed by atoms with E-state index in [1.807, 2.05) is 0 Å². The molecule has 2 atom stereocenters. The van der Waals surface area contributed by atoms with Crippen LogP contribution in [0.4, 0.5) is 5.82 Å². The van der Waals surface area contributed by atoms with E-state index in [4.69, 9.17) is 11.6 Å². The lowest BCUT2D eigenvalue weighted by Gasteiger charge is -2.31. The lowest BCUT2D eigenvalue weighted by Crippen LogP contribution is -2.33. The lowest BCUT2D eigenvalue weighted by molar-refractivity contribution is 0.466. The van der Waals surface area contributed by atoms with Gasteiger partial charge in [0, 0.05) is 11.6 Å². The number of nitrogens with zero attached hydrogens (tertiary/aromatic N) is 3. The molecule has 4 nitrogen and oxygen atoms in total. The van der Waals surface area contributed by atoms with Crippen molar-refractivity contribution in [2.45, 2.75) is 12.8 Å². The fourth-order valence-corrected chi connectivity index (χ4v) is 2.27. The number of hydrazone groups is 1. The summed E-state index contributed by atoms with van der Waals surface area (Å²) >= 11 is 5.64. The van der Waals surface area contributed by atoms with Crippen LogP contribution in [0, 0.1) is 11.8 Å². The van der Waals surface area contributed by atoms with Crippen LogP contribution in [0.2, 0.25) is 5.15 Å². The minimum atomic E-state index is 0.391. The molecule has 5 heteroatoms. The van der Waals surface area contributed by atoms with Gasteiger partial charge in [0.2, 0.25) is 0 Å². The summed E-state index contributed by atoms with van der Waals surface area (Å²) in [5.74, 6) is 1.97. The second kappa shape index (κ2) is 3.87. The molecule has 0 amide bonds. The van der Waals surface area contributed by atoms with Crippen LogP contribution < -0.4 is 5.43 Å². The Morgan fingerprint density at radius 2 is 2.31 bits per heavy atom. The van der Waals surface area contributed by atoms with Gasteiger partial charge >= 0.3 is 0 Å².